The number of benzene rings is 2. The van der Waals surface area contributed by atoms with Gasteiger partial charge in [0.2, 0.25) is 11.9 Å². The molecule has 6 rings (SSSR count). The quantitative estimate of drug-likeness (QED) is 0.388. The number of imidazole rings is 1. The topological polar surface area (TPSA) is 88.7 Å². The standard InChI is InChI=1S/C24H18ClN5O2/c1-13-22-16(20-10-9-19(32-20)14-5-4-6-15(25)11-14)12-21(31)28-23(22)30(29-13)24-26-17-7-2-3-8-18(17)27-24/h2-11,16H,12H2,1H3,(H,26,27)(H,28,31)/t16-/m1/s1. The molecule has 0 fully saturated rings. The fourth-order valence-corrected chi connectivity index (χ4v) is 4.51. The zero-order valence-corrected chi connectivity index (χ0v) is 17.8. The number of aromatic nitrogens is 4. The number of nitrogens with one attached hydrogen (secondary N) is 2. The molecule has 0 radical (unpaired) electrons. The lowest BCUT2D eigenvalue weighted by Gasteiger charge is -2.22. The van der Waals surface area contributed by atoms with Crippen molar-refractivity contribution < 1.29 is 9.21 Å². The van der Waals surface area contributed by atoms with E-state index in [9.17, 15) is 4.79 Å². The second-order valence-corrected chi connectivity index (χ2v) is 8.29. The van der Waals surface area contributed by atoms with Crippen molar-refractivity contribution in [1.82, 2.24) is 19.7 Å². The first-order chi connectivity index (χ1) is 15.6. The Labute approximate surface area is 188 Å². The molecule has 3 aromatic heterocycles. The summed E-state index contributed by atoms with van der Waals surface area (Å²) in [5, 5.41) is 8.32. The molecule has 5 aromatic rings. The third-order valence-electron chi connectivity index (χ3n) is 5.76. The van der Waals surface area contributed by atoms with Gasteiger partial charge in [0.1, 0.15) is 17.3 Å². The van der Waals surface area contributed by atoms with E-state index in [0.29, 0.717) is 28.3 Å². The zero-order chi connectivity index (χ0) is 21.8. The Bertz CT molecular complexity index is 1460. The van der Waals surface area contributed by atoms with Gasteiger partial charge < -0.3 is 14.7 Å². The summed E-state index contributed by atoms with van der Waals surface area (Å²) in [5.74, 6) is 2.24. The molecule has 1 amide bonds. The number of anilines is 1. The molecule has 1 aliphatic rings. The largest absolute Gasteiger partial charge is 0.460 e. The molecule has 1 atom stereocenters. The number of aryl methyl sites for hydroxylation is 1. The van der Waals surface area contributed by atoms with Crippen LogP contribution in [-0.4, -0.2) is 25.7 Å². The molecule has 2 aromatic carbocycles. The normalized spacial score (nSPS) is 15.7. The average molecular weight is 444 g/mol. The van der Waals surface area contributed by atoms with Gasteiger partial charge in [-0.05, 0) is 43.3 Å². The Morgan fingerprint density at radius 3 is 2.84 bits per heavy atom. The number of para-hydroxylation sites is 2. The highest BCUT2D eigenvalue weighted by molar-refractivity contribution is 6.30. The highest BCUT2D eigenvalue weighted by atomic mass is 35.5. The van der Waals surface area contributed by atoms with Gasteiger partial charge in [-0.1, -0.05) is 35.9 Å². The van der Waals surface area contributed by atoms with Crippen LogP contribution in [0.15, 0.2) is 65.1 Å². The number of hydrogen-bond donors (Lipinski definition) is 2. The van der Waals surface area contributed by atoms with E-state index in [4.69, 9.17) is 21.1 Å². The smallest absolute Gasteiger partial charge is 0.231 e. The minimum Gasteiger partial charge on any atom is -0.460 e. The van der Waals surface area contributed by atoms with Gasteiger partial charge in [0.15, 0.2) is 0 Å². The molecule has 2 N–H and O–H groups in total. The van der Waals surface area contributed by atoms with Crippen molar-refractivity contribution in [2.45, 2.75) is 19.3 Å². The maximum atomic E-state index is 12.7. The lowest BCUT2D eigenvalue weighted by atomic mass is 9.90. The number of hydrogen-bond acceptors (Lipinski definition) is 4. The molecular weight excluding hydrogens is 426 g/mol. The maximum absolute atomic E-state index is 12.7. The van der Waals surface area contributed by atoms with Gasteiger partial charge in [-0.3, -0.25) is 4.79 Å². The molecule has 8 heteroatoms. The summed E-state index contributed by atoms with van der Waals surface area (Å²) >= 11 is 6.13. The molecule has 0 saturated heterocycles. The number of aromatic amines is 1. The molecule has 0 spiro atoms. The van der Waals surface area contributed by atoms with Crippen LogP contribution >= 0.6 is 11.6 Å². The number of fused-ring (bicyclic) bond motifs is 2. The summed E-state index contributed by atoms with van der Waals surface area (Å²) < 4.78 is 7.85. The fourth-order valence-electron chi connectivity index (χ4n) is 4.32. The van der Waals surface area contributed by atoms with Crippen molar-refractivity contribution in [3.8, 4) is 17.3 Å². The number of furan rings is 1. The number of halogens is 1. The first-order valence-electron chi connectivity index (χ1n) is 10.3. The minimum atomic E-state index is -0.246. The summed E-state index contributed by atoms with van der Waals surface area (Å²) in [6.07, 6.45) is 0.280. The Morgan fingerprint density at radius 1 is 1.12 bits per heavy atom. The van der Waals surface area contributed by atoms with Crippen LogP contribution in [0.5, 0.6) is 0 Å². The number of H-pyrrole nitrogens is 1. The van der Waals surface area contributed by atoms with Gasteiger partial charge in [0, 0.05) is 22.6 Å². The molecule has 7 nitrogen and oxygen atoms in total. The van der Waals surface area contributed by atoms with Gasteiger partial charge in [-0.25, -0.2) is 4.98 Å². The van der Waals surface area contributed by atoms with Crippen LogP contribution in [0.3, 0.4) is 0 Å². The van der Waals surface area contributed by atoms with Gasteiger partial charge in [-0.2, -0.15) is 9.78 Å². The molecule has 1 aliphatic heterocycles. The van der Waals surface area contributed by atoms with Crippen LogP contribution in [0.1, 0.15) is 29.4 Å². The van der Waals surface area contributed by atoms with Gasteiger partial charge >= 0.3 is 0 Å². The predicted molar refractivity (Wildman–Crippen MR) is 122 cm³/mol. The van der Waals surface area contributed by atoms with Crippen molar-refractivity contribution in [3.05, 3.63) is 82.7 Å². The van der Waals surface area contributed by atoms with Crippen LogP contribution in [0.2, 0.25) is 5.02 Å². The van der Waals surface area contributed by atoms with E-state index in [1.165, 1.54) is 0 Å². The second kappa shape index (κ2) is 7.10. The van der Waals surface area contributed by atoms with Crippen LogP contribution in [-0.2, 0) is 4.79 Å². The van der Waals surface area contributed by atoms with Crippen molar-refractivity contribution in [1.29, 1.82) is 0 Å². The summed E-state index contributed by atoms with van der Waals surface area (Å²) in [4.78, 5) is 20.6. The van der Waals surface area contributed by atoms with Gasteiger partial charge in [0.25, 0.3) is 0 Å². The van der Waals surface area contributed by atoms with Crippen LogP contribution in [0.25, 0.3) is 28.3 Å². The zero-order valence-electron chi connectivity index (χ0n) is 17.1. The first-order valence-corrected chi connectivity index (χ1v) is 10.6. The molecule has 0 aliphatic carbocycles. The molecule has 0 unspecified atom stereocenters. The Kier molecular flexibility index (Phi) is 4.19. The summed E-state index contributed by atoms with van der Waals surface area (Å²) in [6, 6.07) is 19.1. The SMILES string of the molecule is Cc1nn(-c2nc3ccccc3[nH]2)c2c1[C@@H](c1ccc(-c3cccc(Cl)c3)o1)CC(=O)N2. The third kappa shape index (κ3) is 3.01. The number of carbonyl (C=O) groups is 1. The number of rotatable bonds is 3. The molecule has 4 heterocycles. The Hall–Kier alpha value is -3.84. The van der Waals surface area contributed by atoms with Crippen molar-refractivity contribution in [3.63, 3.8) is 0 Å². The van der Waals surface area contributed by atoms with Crippen molar-refractivity contribution in [2.75, 3.05) is 5.32 Å². The monoisotopic (exact) mass is 443 g/mol. The lowest BCUT2D eigenvalue weighted by Crippen LogP contribution is -2.24. The van der Waals surface area contributed by atoms with E-state index in [-0.39, 0.29) is 18.2 Å². The van der Waals surface area contributed by atoms with E-state index in [0.717, 1.165) is 27.9 Å². The molecule has 0 bridgehead atoms. The van der Waals surface area contributed by atoms with E-state index >= 15 is 0 Å². The van der Waals surface area contributed by atoms with Crippen LogP contribution in [0.4, 0.5) is 5.82 Å². The maximum Gasteiger partial charge on any atom is 0.231 e. The van der Waals surface area contributed by atoms with E-state index in [1.807, 2.05) is 67.6 Å². The van der Waals surface area contributed by atoms with Crippen molar-refractivity contribution in [2.24, 2.45) is 0 Å². The summed E-state index contributed by atoms with van der Waals surface area (Å²) in [7, 11) is 0. The number of carbonyl (C=O) groups excluding carboxylic acids is 1. The summed E-state index contributed by atoms with van der Waals surface area (Å²) in [6.45, 7) is 1.93. The third-order valence-corrected chi connectivity index (χ3v) is 5.99. The predicted octanol–water partition coefficient (Wildman–Crippen LogP) is 5.44. The average Bonchev–Trinajstić information content (AvgIpc) is 3.50. The van der Waals surface area contributed by atoms with Crippen molar-refractivity contribution >= 4 is 34.4 Å². The molecule has 32 heavy (non-hydrogen) atoms. The van der Waals surface area contributed by atoms with E-state index < -0.39 is 0 Å². The van der Waals surface area contributed by atoms with Crippen LogP contribution < -0.4 is 5.32 Å². The second-order valence-electron chi connectivity index (χ2n) is 7.85. The van der Waals surface area contributed by atoms with E-state index in [2.05, 4.69) is 15.3 Å². The highest BCUT2D eigenvalue weighted by Gasteiger charge is 2.35. The first kappa shape index (κ1) is 18.9. The van der Waals surface area contributed by atoms with E-state index in [1.54, 1.807) is 4.68 Å². The number of nitrogens with zero attached hydrogens (tertiary/aromatic N) is 3. The van der Waals surface area contributed by atoms with Gasteiger partial charge in [0.05, 0.1) is 22.6 Å². The van der Waals surface area contributed by atoms with Gasteiger partial charge in [-0.15, -0.1) is 0 Å². The Balaban J connectivity index is 1.44. The molecule has 158 valence electrons. The highest BCUT2D eigenvalue weighted by Crippen LogP contribution is 2.41. The minimum absolute atomic E-state index is 0.0968. The molecular formula is C24H18ClN5O2. The molecule has 0 saturated carbocycles. The number of amides is 1. The lowest BCUT2D eigenvalue weighted by molar-refractivity contribution is -0.116. The summed E-state index contributed by atoms with van der Waals surface area (Å²) in [5.41, 5.74) is 4.36. The Morgan fingerprint density at radius 2 is 2.00 bits per heavy atom. The van der Waals surface area contributed by atoms with Crippen LogP contribution in [0, 0.1) is 6.92 Å². The fraction of sp³-hybridized carbons (Fsp3) is 0.125.